The molecule has 0 bridgehead atoms. The van der Waals surface area contributed by atoms with Gasteiger partial charge in [-0.25, -0.2) is 0 Å². The number of benzene rings is 1. The van der Waals surface area contributed by atoms with Crippen molar-refractivity contribution in [2.45, 2.75) is 66.8 Å². The third-order valence-electron chi connectivity index (χ3n) is 5.32. The Labute approximate surface area is 176 Å². The maximum absolute atomic E-state index is 10.6. The van der Waals surface area contributed by atoms with Crippen molar-refractivity contribution < 1.29 is 9.53 Å². The Morgan fingerprint density at radius 3 is 2.55 bits per heavy atom. The fraction of sp³-hybridized carbons (Fsp3) is 0.565. The lowest BCUT2D eigenvalue weighted by molar-refractivity contribution is -0.105. The van der Waals surface area contributed by atoms with Crippen LogP contribution in [0.3, 0.4) is 0 Å². The Kier molecular flexibility index (Phi) is 9.72. The van der Waals surface area contributed by atoms with Crippen LogP contribution in [0.15, 0.2) is 41.3 Å². The molecule has 1 N–H and O–H groups in total. The van der Waals surface area contributed by atoms with Crippen molar-refractivity contribution in [3.05, 3.63) is 36.2 Å². The molecule has 0 spiro atoms. The monoisotopic (exact) mass is 402 g/mol. The SMILES string of the molecule is CCC(CC(C)(C)CC)N(C)C(C)=CN(C)N=C(C)Oc1cccc(NC=O)c1. The van der Waals surface area contributed by atoms with Crippen LogP contribution in [0.2, 0.25) is 0 Å². The van der Waals surface area contributed by atoms with Crippen molar-refractivity contribution in [1.82, 2.24) is 9.91 Å². The molecule has 0 fully saturated rings. The van der Waals surface area contributed by atoms with Crippen LogP contribution in [-0.2, 0) is 4.79 Å². The number of nitrogens with one attached hydrogen (secondary N) is 1. The van der Waals surface area contributed by atoms with E-state index in [1.54, 1.807) is 17.1 Å². The molecule has 0 aromatic heterocycles. The summed E-state index contributed by atoms with van der Waals surface area (Å²) in [5, 5.41) is 8.86. The van der Waals surface area contributed by atoms with Crippen LogP contribution < -0.4 is 10.1 Å². The van der Waals surface area contributed by atoms with Crippen molar-refractivity contribution in [2.75, 3.05) is 19.4 Å². The molecule has 1 rings (SSSR count). The number of anilines is 1. The number of nitrogens with zero attached hydrogens (tertiary/aromatic N) is 3. The molecular formula is C23H38N4O2. The van der Waals surface area contributed by atoms with Gasteiger partial charge in [0.15, 0.2) is 0 Å². The number of hydrogen-bond acceptors (Lipinski definition) is 5. The van der Waals surface area contributed by atoms with Crippen LogP contribution in [0.4, 0.5) is 5.69 Å². The van der Waals surface area contributed by atoms with Gasteiger partial charge in [-0.2, -0.15) is 0 Å². The first-order chi connectivity index (χ1) is 13.6. The van der Waals surface area contributed by atoms with Gasteiger partial charge < -0.3 is 15.0 Å². The standard InChI is InChI=1S/C23H38N4O2/c1-9-21(15-23(5,6)10-2)27(8)18(3)16-26(7)25-19(4)29-22-13-11-12-20(14-22)24-17-28/h11-14,16-17,21H,9-10,15H2,1-8H3,(H,24,28). The second-order valence-corrected chi connectivity index (χ2v) is 8.25. The van der Waals surface area contributed by atoms with Crippen molar-refractivity contribution in [3.63, 3.8) is 0 Å². The van der Waals surface area contributed by atoms with Gasteiger partial charge in [0.1, 0.15) is 5.75 Å². The molecule has 1 aromatic rings. The lowest BCUT2D eigenvalue weighted by Crippen LogP contribution is -2.34. The van der Waals surface area contributed by atoms with Gasteiger partial charge in [-0.05, 0) is 37.3 Å². The largest absolute Gasteiger partial charge is 0.442 e. The van der Waals surface area contributed by atoms with E-state index >= 15 is 0 Å². The molecule has 1 unspecified atom stereocenters. The van der Waals surface area contributed by atoms with E-state index in [2.05, 4.69) is 57.0 Å². The van der Waals surface area contributed by atoms with E-state index < -0.39 is 0 Å². The van der Waals surface area contributed by atoms with Gasteiger partial charge >= 0.3 is 0 Å². The van der Waals surface area contributed by atoms with Crippen LogP contribution in [-0.4, -0.2) is 42.4 Å². The summed E-state index contributed by atoms with van der Waals surface area (Å²) in [5.74, 6) is 1.14. The maximum atomic E-state index is 10.6. The normalized spacial score (nSPS) is 13.7. The summed E-state index contributed by atoms with van der Waals surface area (Å²) < 4.78 is 5.77. The Morgan fingerprint density at radius 2 is 1.97 bits per heavy atom. The molecule has 0 heterocycles. The third-order valence-corrected chi connectivity index (χ3v) is 5.32. The van der Waals surface area contributed by atoms with Gasteiger partial charge in [0, 0.05) is 50.7 Å². The number of amides is 1. The predicted octanol–water partition coefficient (Wildman–Crippen LogP) is 5.30. The molecule has 1 aromatic carbocycles. The Bertz CT molecular complexity index is 713. The molecule has 0 saturated heterocycles. The highest BCUT2D eigenvalue weighted by molar-refractivity contribution is 5.77. The highest BCUT2D eigenvalue weighted by atomic mass is 16.5. The molecule has 29 heavy (non-hydrogen) atoms. The van der Waals surface area contributed by atoms with Gasteiger partial charge in [0.25, 0.3) is 0 Å². The van der Waals surface area contributed by atoms with Crippen LogP contribution in [0.5, 0.6) is 5.75 Å². The molecule has 0 aliphatic carbocycles. The highest BCUT2D eigenvalue weighted by Gasteiger charge is 2.23. The smallest absolute Gasteiger partial charge is 0.211 e. The molecule has 162 valence electrons. The molecule has 1 atom stereocenters. The molecular weight excluding hydrogens is 364 g/mol. The number of carbonyl (C=O) groups excluding carboxylic acids is 1. The average molecular weight is 403 g/mol. The first-order valence-electron chi connectivity index (χ1n) is 10.3. The van der Waals surface area contributed by atoms with E-state index in [4.69, 9.17) is 4.74 Å². The molecule has 6 nitrogen and oxygen atoms in total. The van der Waals surface area contributed by atoms with E-state index in [0.29, 0.717) is 35.2 Å². The maximum Gasteiger partial charge on any atom is 0.211 e. The van der Waals surface area contributed by atoms with Crippen molar-refractivity contribution in [1.29, 1.82) is 0 Å². The third kappa shape index (κ3) is 8.59. The highest BCUT2D eigenvalue weighted by Crippen LogP contribution is 2.30. The van der Waals surface area contributed by atoms with Crippen LogP contribution >= 0.6 is 0 Å². The first kappa shape index (κ1) is 24.5. The van der Waals surface area contributed by atoms with E-state index in [0.717, 1.165) is 18.5 Å². The van der Waals surface area contributed by atoms with E-state index in [-0.39, 0.29) is 0 Å². The fourth-order valence-corrected chi connectivity index (χ4v) is 3.15. The van der Waals surface area contributed by atoms with Gasteiger partial charge in [-0.3, -0.25) is 9.80 Å². The zero-order valence-electron chi connectivity index (χ0n) is 19.3. The molecule has 0 radical (unpaired) electrons. The van der Waals surface area contributed by atoms with E-state index in [1.165, 1.54) is 6.42 Å². The van der Waals surface area contributed by atoms with E-state index in [1.807, 2.05) is 32.3 Å². The minimum atomic E-state index is 0.330. The molecule has 6 heteroatoms. The summed E-state index contributed by atoms with van der Waals surface area (Å²) in [5.41, 5.74) is 2.16. The first-order valence-corrected chi connectivity index (χ1v) is 10.3. The van der Waals surface area contributed by atoms with Gasteiger partial charge in [-0.1, -0.05) is 40.2 Å². The average Bonchev–Trinajstić information content (AvgIpc) is 2.65. The molecule has 0 aliphatic heterocycles. The minimum absolute atomic E-state index is 0.330. The van der Waals surface area contributed by atoms with E-state index in [9.17, 15) is 4.79 Å². The van der Waals surface area contributed by atoms with Gasteiger partial charge in [-0.15, -0.1) is 5.10 Å². The second-order valence-electron chi connectivity index (χ2n) is 8.25. The lowest BCUT2D eigenvalue weighted by Gasteiger charge is -2.36. The zero-order valence-corrected chi connectivity index (χ0v) is 19.3. The van der Waals surface area contributed by atoms with Crippen LogP contribution in [0.1, 0.15) is 60.8 Å². The minimum Gasteiger partial charge on any atom is -0.442 e. The molecule has 0 aliphatic rings. The molecule has 1 amide bonds. The zero-order chi connectivity index (χ0) is 22.0. The number of rotatable bonds is 11. The lowest BCUT2D eigenvalue weighted by atomic mass is 9.82. The summed E-state index contributed by atoms with van der Waals surface area (Å²) in [4.78, 5) is 12.9. The fourth-order valence-electron chi connectivity index (χ4n) is 3.15. The van der Waals surface area contributed by atoms with Gasteiger partial charge in [0.2, 0.25) is 12.3 Å². The van der Waals surface area contributed by atoms with Crippen LogP contribution in [0, 0.1) is 5.41 Å². The Balaban J connectivity index is 2.80. The quantitative estimate of drug-likeness (QED) is 0.236. The Hall–Kier alpha value is -2.50. The number of ether oxygens (including phenoxy) is 1. The van der Waals surface area contributed by atoms with Crippen LogP contribution in [0.25, 0.3) is 0 Å². The topological polar surface area (TPSA) is 57.2 Å². The Morgan fingerprint density at radius 1 is 1.28 bits per heavy atom. The summed E-state index contributed by atoms with van der Waals surface area (Å²) >= 11 is 0. The van der Waals surface area contributed by atoms with Crippen molar-refractivity contribution >= 4 is 18.0 Å². The summed E-state index contributed by atoms with van der Waals surface area (Å²) in [7, 11) is 4.05. The molecule has 0 saturated carbocycles. The number of hydrogen-bond donors (Lipinski definition) is 1. The van der Waals surface area contributed by atoms with Crippen molar-refractivity contribution in [3.8, 4) is 5.75 Å². The second kappa shape index (κ2) is 11.5. The number of carbonyl (C=O) groups is 1. The predicted molar refractivity (Wildman–Crippen MR) is 122 cm³/mol. The number of allylic oxidation sites excluding steroid dienone is 1. The number of hydrazone groups is 1. The summed E-state index contributed by atoms with van der Waals surface area (Å²) in [6.45, 7) is 13.1. The van der Waals surface area contributed by atoms with Gasteiger partial charge in [0.05, 0.1) is 0 Å². The summed E-state index contributed by atoms with van der Waals surface area (Å²) in [6.07, 6.45) is 6.08. The van der Waals surface area contributed by atoms with Crippen molar-refractivity contribution in [2.24, 2.45) is 10.5 Å². The summed E-state index contributed by atoms with van der Waals surface area (Å²) in [6, 6.07) is 7.68.